The molecule has 1 amide bonds. The van der Waals surface area contributed by atoms with Crippen molar-refractivity contribution in [2.75, 3.05) is 12.4 Å². The molecular weight excluding hydrogens is 528 g/mol. The number of ether oxygens (including phenoxy) is 3. The number of carbonyl (C=O) groups excluding carboxylic acids is 2. The second kappa shape index (κ2) is 10.2. The van der Waals surface area contributed by atoms with E-state index in [9.17, 15) is 14.4 Å². The number of amides is 1. The average molecular weight is 558 g/mol. The molecular formula is C27H29F2N5O6. The fourth-order valence-electron chi connectivity index (χ4n) is 3.95. The van der Waals surface area contributed by atoms with E-state index in [2.05, 4.69) is 15.3 Å². The van der Waals surface area contributed by atoms with Gasteiger partial charge in [0.2, 0.25) is 5.88 Å². The summed E-state index contributed by atoms with van der Waals surface area (Å²) in [6.45, 7) is 9.25. The lowest BCUT2D eigenvalue weighted by molar-refractivity contribution is 0.0535. The fraction of sp³-hybridized carbons (Fsp3) is 0.370. The van der Waals surface area contributed by atoms with Crippen molar-refractivity contribution >= 4 is 39.9 Å². The predicted octanol–water partition coefficient (Wildman–Crippen LogP) is 5.21. The van der Waals surface area contributed by atoms with Crippen molar-refractivity contribution in [3.05, 3.63) is 58.1 Å². The van der Waals surface area contributed by atoms with Gasteiger partial charge in [0.1, 0.15) is 22.8 Å². The number of hydrogen-bond donors (Lipinski definition) is 1. The Morgan fingerprint density at radius 3 is 2.20 bits per heavy atom. The summed E-state index contributed by atoms with van der Waals surface area (Å²) in [7, 11) is 1.43. The van der Waals surface area contributed by atoms with Crippen molar-refractivity contribution in [2.45, 2.75) is 59.3 Å². The topological polar surface area (TPSA) is 127 Å². The Morgan fingerprint density at radius 1 is 1.00 bits per heavy atom. The standard InChI is InChI=1S/C27H29F2N5O6/c1-26(2,3)39-23(35)31-14-10-17(28)16(18(29)11-14)13-33-21-15-8-9-20(38-7)32-22(15)30-12-19(21)34(24(33)36)25(37)40-27(4,5)6/h8-12H,13H2,1-7H3,(H,31,35). The monoisotopic (exact) mass is 557 g/mol. The van der Waals surface area contributed by atoms with E-state index in [1.54, 1.807) is 47.6 Å². The maximum atomic E-state index is 15.2. The first-order chi connectivity index (χ1) is 18.6. The van der Waals surface area contributed by atoms with Crippen LogP contribution in [0.2, 0.25) is 0 Å². The Bertz CT molecular complexity index is 1680. The van der Waals surface area contributed by atoms with Crippen LogP contribution in [0.25, 0.3) is 22.1 Å². The second-order valence-corrected chi connectivity index (χ2v) is 10.9. The highest BCUT2D eigenvalue weighted by molar-refractivity contribution is 6.03. The molecule has 0 atom stereocenters. The number of benzene rings is 1. The van der Waals surface area contributed by atoms with Gasteiger partial charge in [-0.1, -0.05) is 0 Å². The molecule has 3 heterocycles. The van der Waals surface area contributed by atoms with E-state index >= 15 is 8.78 Å². The first-order valence-corrected chi connectivity index (χ1v) is 12.2. The summed E-state index contributed by atoms with van der Waals surface area (Å²) in [5, 5.41) is 2.62. The Balaban J connectivity index is 1.86. The molecule has 3 aromatic heterocycles. The number of methoxy groups -OCH3 is 1. The lowest BCUT2D eigenvalue weighted by Crippen LogP contribution is -2.34. The number of halogens is 2. The predicted molar refractivity (Wildman–Crippen MR) is 143 cm³/mol. The number of nitrogens with one attached hydrogen (secondary N) is 1. The Labute approximate surface area is 227 Å². The summed E-state index contributed by atoms with van der Waals surface area (Å²) in [6.07, 6.45) is -0.619. The molecule has 0 bridgehead atoms. The Hall–Kier alpha value is -4.55. The van der Waals surface area contributed by atoms with Gasteiger partial charge in [0.15, 0.2) is 5.65 Å². The molecule has 4 aromatic rings. The van der Waals surface area contributed by atoms with Crippen molar-refractivity contribution in [2.24, 2.45) is 0 Å². The van der Waals surface area contributed by atoms with Crippen molar-refractivity contribution < 1.29 is 32.6 Å². The van der Waals surface area contributed by atoms with Gasteiger partial charge in [0.05, 0.1) is 30.9 Å². The van der Waals surface area contributed by atoms with Gasteiger partial charge >= 0.3 is 17.9 Å². The number of rotatable bonds is 4. The van der Waals surface area contributed by atoms with Crippen LogP contribution >= 0.6 is 0 Å². The van der Waals surface area contributed by atoms with E-state index in [1.165, 1.54) is 19.4 Å². The van der Waals surface area contributed by atoms with Crippen LogP contribution in [0.5, 0.6) is 5.88 Å². The maximum absolute atomic E-state index is 15.2. The van der Waals surface area contributed by atoms with Crippen molar-refractivity contribution in [3.63, 3.8) is 0 Å². The zero-order chi connectivity index (χ0) is 29.6. The van der Waals surface area contributed by atoms with Crippen molar-refractivity contribution in [1.29, 1.82) is 0 Å². The van der Waals surface area contributed by atoms with Crippen LogP contribution in [0, 0.1) is 11.6 Å². The van der Waals surface area contributed by atoms with Gasteiger partial charge in [-0.05, 0) is 59.7 Å². The van der Waals surface area contributed by atoms with E-state index in [-0.39, 0.29) is 28.2 Å². The number of fused-ring (bicyclic) bond motifs is 3. The minimum atomic E-state index is -1.03. The van der Waals surface area contributed by atoms with Crippen molar-refractivity contribution in [1.82, 2.24) is 19.1 Å². The highest BCUT2D eigenvalue weighted by Crippen LogP contribution is 2.27. The molecule has 40 heavy (non-hydrogen) atoms. The minimum Gasteiger partial charge on any atom is -0.481 e. The molecule has 0 unspecified atom stereocenters. The Morgan fingerprint density at radius 2 is 1.62 bits per heavy atom. The summed E-state index contributed by atoms with van der Waals surface area (Å²) in [5.74, 6) is -1.81. The molecule has 0 aliphatic rings. The highest BCUT2D eigenvalue weighted by atomic mass is 19.1. The zero-order valence-corrected chi connectivity index (χ0v) is 23.1. The van der Waals surface area contributed by atoms with E-state index in [1.807, 2.05) is 0 Å². The highest BCUT2D eigenvalue weighted by Gasteiger charge is 2.27. The van der Waals surface area contributed by atoms with Gasteiger partial charge in [0.25, 0.3) is 0 Å². The van der Waals surface area contributed by atoms with Gasteiger partial charge in [-0.15, -0.1) is 0 Å². The SMILES string of the molecule is COc1ccc2c(ncc3c2n(Cc2c(F)cc(NC(=O)OC(C)(C)C)cc2F)c(=O)n3C(=O)OC(C)(C)C)n1. The number of carbonyl (C=O) groups is 2. The number of imidazole rings is 1. The molecule has 0 aliphatic heterocycles. The summed E-state index contributed by atoms with van der Waals surface area (Å²) in [5.41, 5.74) is -2.91. The normalized spacial score (nSPS) is 12.0. The molecule has 4 rings (SSSR count). The molecule has 1 N–H and O–H groups in total. The van der Waals surface area contributed by atoms with Crippen LogP contribution in [-0.4, -0.2) is 49.6 Å². The lowest BCUT2D eigenvalue weighted by Gasteiger charge is -2.20. The average Bonchev–Trinajstić information content (AvgIpc) is 3.10. The first-order valence-electron chi connectivity index (χ1n) is 12.2. The summed E-state index contributed by atoms with van der Waals surface area (Å²) in [6, 6.07) is 4.92. The van der Waals surface area contributed by atoms with Crippen LogP contribution in [0.3, 0.4) is 0 Å². The number of aromatic nitrogens is 4. The molecule has 1 aromatic carbocycles. The lowest BCUT2D eigenvalue weighted by atomic mass is 10.1. The number of anilines is 1. The summed E-state index contributed by atoms with van der Waals surface area (Å²) in [4.78, 5) is 47.2. The first kappa shape index (κ1) is 28.5. The molecule has 0 spiro atoms. The van der Waals surface area contributed by atoms with Gasteiger partial charge in [0, 0.05) is 22.7 Å². The largest absolute Gasteiger partial charge is 0.481 e. The third-order valence-electron chi connectivity index (χ3n) is 5.48. The molecule has 0 radical (unpaired) electrons. The Kier molecular flexibility index (Phi) is 7.26. The summed E-state index contributed by atoms with van der Waals surface area (Å²) >= 11 is 0. The summed E-state index contributed by atoms with van der Waals surface area (Å²) < 4.78 is 47.9. The van der Waals surface area contributed by atoms with Gasteiger partial charge in [-0.25, -0.2) is 28.1 Å². The fourth-order valence-corrected chi connectivity index (χ4v) is 3.95. The van der Waals surface area contributed by atoms with Crippen LogP contribution in [-0.2, 0) is 16.0 Å². The van der Waals surface area contributed by atoms with Crippen LogP contribution < -0.4 is 15.7 Å². The maximum Gasteiger partial charge on any atom is 0.423 e. The van der Waals surface area contributed by atoms with Crippen LogP contribution in [0.15, 0.2) is 35.3 Å². The smallest absolute Gasteiger partial charge is 0.423 e. The molecule has 0 saturated heterocycles. The van der Waals surface area contributed by atoms with Gasteiger partial charge < -0.3 is 14.2 Å². The molecule has 11 nitrogen and oxygen atoms in total. The van der Waals surface area contributed by atoms with Gasteiger partial charge in [-0.2, -0.15) is 9.55 Å². The van der Waals surface area contributed by atoms with Crippen LogP contribution in [0.1, 0.15) is 47.1 Å². The molecule has 212 valence electrons. The van der Waals surface area contributed by atoms with E-state index < -0.39 is 52.8 Å². The minimum absolute atomic E-state index is 0.0581. The van der Waals surface area contributed by atoms with Crippen molar-refractivity contribution in [3.8, 4) is 5.88 Å². The van der Waals surface area contributed by atoms with E-state index in [0.717, 1.165) is 21.3 Å². The molecule has 0 aliphatic carbocycles. The second-order valence-electron chi connectivity index (χ2n) is 10.9. The quantitative estimate of drug-likeness (QED) is 0.362. The number of nitrogens with zero attached hydrogens (tertiary/aromatic N) is 4. The van der Waals surface area contributed by atoms with E-state index in [0.29, 0.717) is 5.39 Å². The molecule has 0 saturated carbocycles. The third kappa shape index (κ3) is 5.87. The van der Waals surface area contributed by atoms with E-state index in [4.69, 9.17) is 14.2 Å². The van der Waals surface area contributed by atoms with Crippen LogP contribution in [0.4, 0.5) is 24.1 Å². The number of hydrogen-bond acceptors (Lipinski definition) is 8. The third-order valence-corrected chi connectivity index (χ3v) is 5.48. The zero-order valence-electron chi connectivity index (χ0n) is 23.1. The van der Waals surface area contributed by atoms with Gasteiger partial charge in [-0.3, -0.25) is 9.88 Å². The molecule has 13 heteroatoms. The number of pyridine rings is 2. The molecule has 0 fully saturated rings.